The van der Waals surface area contributed by atoms with Crippen LogP contribution in [0, 0.1) is 23.3 Å². The van der Waals surface area contributed by atoms with Crippen LogP contribution in [0.1, 0.15) is 23.1 Å². The van der Waals surface area contributed by atoms with E-state index in [1.807, 2.05) is 0 Å². The third-order valence-corrected chi connectivity index (χ3v) is 3.29. The normalized spacial score (nSPS) is 14.0. The van der Waals surface area contributed by atoms with Crippen LogP contribution in [-0.2, 0) is 0 Å². The van der Waals surface area contributed by atoms with Crippen molar-refractivity contribution in [1.82, 2.24) is 0 Å². The van der Waals surface area contributed by atoms with Crippen molar-refractivity contribution in [3.8, 4) is 0 Å². The molecule has 2 aromatic rings. The Bertz CT molecular complexity index is 624. The van der Waals surface area contributed by atoms with Gasteiger partial charge >= 0.3 is 0 Å². The summed E-state index contributed by atoms with van der Waals surface area (Å²) < 4.78 is 53.1. The van der Waals surface area contributed by atoms with E-state index in [0.29, 0.717) is 12.1 Å². The van der Waals surface area contributed by atoms with Gasteiger partial charge in [-0.1, -0.05) is 18.2 Å². The van der Waals surface area contributed by atoms with Gasteiger partial charge in [-0.3, -0.25) is 0 Å². The zero-order valence-electron chi connectivity index (χ0n) is 10.9. The van der Waals surface area contributed by atoms with Crippen LogP contribution in [0.2, 0.25) is 0 Å². The molecule has 3 N–H and O–H groups in total. The van der Waals surface area contributed by atoms with E-state index in [0.717, 1.165) is 0 Å². The van der Waals surface area contributed by atoms with Gasteiger partial charge in [0.05, 0.1) is 6.10 Å². The van der Waals surface area contributed by atoms with E-state index in [1.165, 1.54) is 18.2 Å². The summed E-state index contributed by atoms with van der Waals surface area (Å²) >= 11 is 0. The summed E-state index contributed by atoms with van der Waals surface area (Å²) in [4.78, 5) is 0. The number of aliphatic hydroxyl groups excluding tert-OH is 1. The van der Waals surface area contributed by atoms with E-state index in [-0.39, 0.29) is 17.7 Å². The Kier molecular flexibility index (Phi) is 4.59. The van der Waals surface area contributed by atoms with Crippen LogP contribution in [-0.4, -0.2) is 11.7 Å². The highest BCUT2D eigenvalue weighted by molar-refractivity contribution is 5.29. The van der Waals surface area contributed by atoms with Crippen molar-refractivity contribution in [1.29, 1.82) is 0 Å². The molecular formula is C15H13F4NO. The Balaban J connectivity index is 2.42. The fraction of sp³-hybridized carbons (Fsp3) is 0.200. The Hall–Kier alpha value is -1.92. The summed E-state index contributed by atoms with van der Waals surface area (Å²) in [5.41, 5.74) is 5.45. The van der Waals surface area contributed by atoms with Gasteiger partial charge in [0.2, 0.25) is 0 Å². The Morgan fingerprint density at radius 3 is 2.05 bits per heavy atom. The molecule has 0 aliphatic rings. The van der Waals surface area contributed by atoms with Crippen LogP contribution in [0.5, 0.6) is 0 Å². The van der Waals surface area contributed by atoms with E-state index in [2.05, 4.69) is 0 Å². The lowest BCUT2D eigenvalue weighted by Crippen LogP contribution is -2.21. The standard InChI is InChI=1S/C15H13F4NO/c16-11-4-2-1-3-9(11)10(7-20)15(21)8-5-12(17)14(19)13(18)6-8/h1-6,10,15,21H,7,20H2. The van der Waals surface area contributed by atoms with Crippen LogP contribution in [0.4, 0.5) is 17.6 Å². The van der Waals surface area contributed by atoms with Gasteiger partial charge in [0.25, 0.3) is 0 Å². The molecule has 0 spiro atoms. The number of hydrogen-bond acceptors (Lipinski definition) is 2. The molecule has 0 fully saturated rings. The van der Waals surface area contributed by atoms with Gasteiger partial charge in [0, 0.05) is 12.5 Å². The van der Waals surface area contributed by atoms with Crippen LogP contribution in [0.25, 0.3) is 0 Å². The molecule has 0 bridgehead atoms. The second-order valence-corrected chi connectivity index (χ2v) is 4.61. The van der Waals surface area contributed by atoms with Crippen molar-refractivity contribution in [2.75, 3.05) is 6.54 Å². The number of hydrogen-bond donors (Lipinski definition) is 2. The van der Waals surface area contributed by atoms with Gasteiger partial charge in [0.1, 0.15) is 5.82 Å². The topological polar surface area (TPSA) is 46.2 Å². The second kappa shape index (κ2) is 6.24. The van der Waals surface area contributed by atoms with Crippen molar-refractivity contribution in [2.45, 2.75) is 12.0 Å². The number of rotatable bonds is 4. The minimum Gasteiger partial charge on any atom is -0.388 e. The molecule has 0 aliphatic carbocycles. The molecule has 0 aromatic heterocycles. The second-order valence-electron chi connectivity index (χ2n) is 4.61. The van der Waals surface area contributed by atoms with Crippen molar-refractivity contribution in [3.05, 3.63) is 70.8 Å². The molecule has 0 saturated carbocycles. The highest BCUT2D eigenvalue weighted by Crippen LogP contribution is 2.32. The molecule has 21 heavy (non-hydrogen) atoms. The molecule has 6 heteroatoms. The van der Waals surface area contributed by atoms with Gasteiger partial charge in [-0.2, -0.15) is 0 Å². The molecule has 2 aromatic carbocycles. The summed E-state index contributed by atoms with van der Waals surface area (Å²) in [6.07, 6.45) is -1.46. The first-order chi connectivity index (χ1) is 9.95. The summed E-state index contributed by atoms with van der Waals surface area (Å²) in [7, 11) is 0. The van der Waals surface area contributed by atoms with Crippen molar-refractivity contribution < 1.29 is 22.7 Å². The number of nitrogens with two attached hydrogens (primary N) is 1. The van der Waals surface area contributed by atoms with E-state index in [4.69, 9.17) is 5.73 Å². The lowest BCUT2D eigenvalue weighted by atomic mass is 9.88. The van der Waals surface area contributed by atoms with E-state index in [9.17, 15) is 22.7 Å². The Morgan fingerprint density at radius 2 is 1.52 bits per heavy atom. The first kappa shape index (κ1) is 15.5. The summed E-state index contributed by atoms with van der Waals surface area (Å²) in [5, 5.41) is 10.2. The van der Waals surface area contributed by atoms with Crippen LogP contribution < -0.4 is 5.73 Å². The average molecular weight is 299 g/mol. The largest absolute Gasteiger partial charge is 0.388 e. The monoisotopic (exact) mass is 299 g/mol. The molecule has 2 nitrogen and oxygen atoms in total. The molecule has 0 aliphatic heterocycles. The van der Waals surface area contributed by atoms with Gasteiger partial charge in [0.15, 0.2) is 17.5 Å². The number of aliphatic hydroxyl groups is 1. The zero-order valence-corrected chi connectivity index (χ0v) is 10.9. The van der Waals surface area contributed by atoms with E-state index >= 15 is 0 Å². The van der Waals surface area contributed by atoms with Crippen LogP contribution in [0.3, 0.4) is 0 Å². The predicted molar refractivity (Wildman–Crippen MR) is 69.5 cm³/mol. The molecule has 2 atom stereocenters. The highest BCUT2D eigenvalue weighted by atomic mass is 19.2. The highest BCUT2D eigenvalue weighted by Gasteiger charge is 2.26. The van der Waals surface area contributed by atoms with E-state index in [1.54, 1.807) is 6.07 Å². The molecule has 2 rings (SSSR count). The molecular weight excluding hydrogens is 286 g/mol. The zero-order chi connectivity index (χ0) is 15.6. The van der Waals surface area contributed by atoms with Gasteiger partial charge in [-0.25, -0.2) is 17.6 Å². The molecule has 0 radical (unpaired) electrons. The quantitative estimate of drug-likeness (QED) is 0.673. The van der Waals surface area contributed by atoms with Crippen LogP contribution >= 0.6 is 0 Å². The molecule has 112 valence electrons. The molecule has 2 unspecified atom stereocenters. The van der Waals surface area contributed by atoms with E-state index < -0.39 is 35.3 Å². The van der Waals surface area contributed by atoms with Crippen molar-refractivity contribution in [2.24, 2.45) is 5.73 Å². The minimum atomic E-state index is -1.62. The summed E-state index contributed by atoms with van der Waals surface area (Å²) in [6.45, 7) is -0.150. The van der Waals surface area contributed by atoms with Gasteiger partial charge in [-0.05, 0) is 29.3 Å². The Labute approximate surface area is 118 Å². The average Bonchev–Trinajstić information content (AvgIpc) is 2.46. The molecule has 0 amide bonds. The predicted octanol–water partition coefficient (Wildman–Crippen LogP) is 3.02. The summed E-state index contributed by atoms with van der Waals surface area (Å²) in [6, 6.07) is 6.98. The molecule has 0 heterocycles. The SMILES string of the molecule is NCC(c1ccccc1F)C(O)c1cc(F)c(F)c(F)c1. The number of benzene rings is 2. The first-order valence-corrected chi connectivity index (χ1v) is 6.22. The third-order valence-electron chi connectivity index (χ3n) is 3.29. The first-order valence-electron chi connectivity index (χ1n) is 6.22. The Morgan fingerprint density at radius 1 is 0.952 bits per heavy atom. The third kappa shape index (κ3) is 3.06. The smallest absolute Gasteiger partial charge is 0.194 e. The summed E-state index contributed by atoms with van der Waals surface area (Å²) in [5.74, 6) is -5.96. The van der Waals surface area contributed by atoms with Crippen LogP contribution in [0.15, 0.2) is 36.4 Å². The fourth-order valence-electron chi connectivity index (χ4n) is 2.18. The van der Waals surface area contributed by atoms with Crippen molar-refractivity contribution in [3.63, 3.8) is 0 Å². The van der Waals surface area contributed by atoms with Gasteiger partial charge in [-0.15, -0.1) is 0 Å². The lowest BCUT2D eigenvalue weighted by molar-refractivity contribution is 0.144. The van der Waals surface area contributed by atoms with Gasteiger partial charge < -0.3 is 10.8 Å². The molecule has 0 saturated heterocycles. The fourth-order valence-corrected chi connectivity index (χ4v) is 2.18. The lowest BCUT2D eigenvalue weighted by Gasteiger charge is -2.23. The number of halogens is 4. The van der Waals surface area contributed by atoms with Crippen molar-refractivity contribution >= 4 is 0 Å². The maximum absolute atomic E-state index is 13.8. The minimum absolute atomic E-state index is 0.123. The maximum atomic E-state index is 13.8. The maximum Gasteiger partial charge on any atom is 0.194 e.